The lowest BCUT2D eigenvalue weighted by Gasteiger charge is -2.09. The number of rotatable bonds is 6. The predicted molar refractivity (Wildman–Crippen MR) is 90.9 cm³/mol. The Morgan fingerprint density at radius 3 is 2.77 bits per heavy atom. The third-order valence-electron chi connectivity index (χ3n) is 3.87. The Balaban J connectivity index is 1.83. The molecule has 2 N–H and O–H groups in total. The van der Waals surface area contributed by atoms with E-state index in [0.29, 0.717) is 46.3 Å². The number of carbonyl (C=O) groups excluding carboxylic acids is 1. The number of hydrogen-bond donors (Lipinski definition) is 1. The van der Waals surface area contributed by atoms with Gasteiger partial charge in [0.2, 0.25) is 5.88 Å². The van der Waals surface area contributed by atoms with E-state index in [1.54, 1.807) is 19.1 Å². The van der Waals surface area contributed by atoms with Gasteiger partial charge in [-0.25, -0.2) is 9.37 Å². The predicted octanol–water partition coefficient (Wildman–Crippen LogP) is 2.82. The summed E-state index contributed by atoms with van der Waals surface area (Å²) in [6.07, 6.45) is 1.66. The monoisotopic (exact) mass is 356 g/mol. The fraction of sp³-hybridized carbons (Fsp3) is 0.222. The SMILES string of the molecule is CCc1nc(OCc2c(-c3ccc(F)cn3)noc2C)ccc1C(N)=O. The van der Waals surface area contributed by atoms with E-state index in [9.17, 15) is 9.18 Å². The number of ether oxygens (including phenoxy) is 1. The molecule has 0 saturated carbocycles. The number of halogens is 1. The number of nitrogens with zero attached hydrogens (tertiary/aromatic N) is 3. The van der Waals surface area contributed by atoms with Gasteiger partial charge in [-0.3, -0.25) is 9.78 Å². The van der Waals surface area contributed by atoms with Gasteiger partial charge in [0.1, 0.15) is 23.9 Å². The highest BCUT2D eigenvalue weighted by atomic mass is 19.1. The van der Waals surface area contributed by atoms with Crippen molar-refractivity contribution in [2.45, 2.75) is 26.9 Å². The molecule has 0 aliphatic rings. The summed E-state index contributed by atoms with van der Waals surface area (Å²) in [5, 5.41) is 3.98. The van der Waals surface area contributed by atoms with Gasteiger partial charge in [-0.2, -0.15) is 0 Å². The van der Waals surface area contributed by atoms with Gasteiger partial charge in [0, 0.05) is 6.07 Å². The number of carbonyl (C=O) groups is 1. The van der Waals surface area contributed by atoms with Crippen LogP contribution in [0.2, 0.25) is 0 Å². The lowest BCUT2D eigenvalue weighted by atomic mass is 10.1. The van der Waals surface area contributed by atoms with E-state index < -0.39 is 11.7 Å². The molecular weight excluding hydrogens is 339 g/mol. The van der Waals surface area contributed by atoms with Crippen molar-refractivity contribution in [1.82, 2.24) is 15.1 Å². The van der Waals surface area contributed by atoms with E-state index in [4.69, 9.17) is 15.0 Å². The maximum atomic E-state index is 13.1. The lowest BCUT2D eigenvalue weighted by molar-refractivity contribution is 0.0999. The van der Waals surface area contributed by atoms with Gasteiger partial charge in [-0.1, -0.05) is 12.1 Å². The normalized spacial score (nSPS) is 10.7. The van der Waals surface area contributed by atoms with Crippen molar-refractivity contribution in [2.24, 2.45) is 5.73 Å². The highest BCUT2D eigenvalue weighted by Gasteiger charge is 2.17. The molecule has 134 valence electrons. The van der Waals surface area contributed by atoms with Crippen LogP contribution in [-0.4, -0.2) is 21.0 Å². The molecule has 1 amide bonds. The highest BCUT2D eigenvalue weighted by molar-refractivity contribution is 5.93. The largest absolute Gasteiger partial charge is 0.473 e. The zero-order valence-corrected chi connectivity index (χ0v) is 14.3. The van der Waals surface area contributed by atoms with Crippen molar-refractivity contribution in [3.8, 4) is 17.3 Å². The number of nitrogens with two attached hydrogens (primary N) is 1. The molecule has 0 unspecified atom stereocenters. The second-order valence-electron chi connectivity index (χ2n) is 5.58. The zero-order valence-electron chi connectivity index (χ0n) is 14.3. The Labute approximate surface area is 149 Å². The van der Waals surface area contributed by atoms with Crippen LogP contribution >= 0.6 is 0 Å². The van der Waals surface area contributed by atoms with Crippen molar-refractivity contribution in [1.29, 1.82) is 0 Å². The van der Waals surface area contributed by atoms with Crippen molar-refractivity contribution in [3.63, 3.8) is 0 Å². The minimum atomic E-state index is -0.527. The van der Waals surface area contributed by atoms with Crippen LogP contribution in [0.5, 0.6) is 5.88 Å². The molecule has 3 aromatic heterocycles. The first-order valence-corrected chi connectivity index (χ1v) is 7.99. The van der Waals surface area contributed by atoms with E-state index in [1.807, 2.05) is 6.92 Å². The molecule has 0 aromatic carbocycles. The van der Waals surface area contributed by atoms with Crippen LogP contribution in [0.1, 0.15) is 34.3 Å². The second-order valence-corrected chi connectivity index (χ2v) is 5.58. The fourth-order valence-corrected chi connectivity index (χ4v) is 2.48. The Bertz CT molecular complexity index is 938. The van der Waals surface area contributed by atoms with Gasteiger partial charge in [0.05, 0.1) is 28.7 Å². The summed E-state index contributed by atoms with van der Waals surface area (Å²) in [5.74, 6) is -0.0425. The molecular formula is C18H17FN4O3. The maximum absolute atomic E-state index is 13.1. The van der Waals surface area contributed by atoms with Gasteiger partial charge in [-0.15, -0.1) is 0 Å². The molecule has 0 radical (unpaired) electrons. The number of aryl methyl sites for hydroxylation is 2. The van der Waals surface area contributed by atoms with Crippen LogP contribution in [0.15, 0.2) is 35.0 Å². The summed E-state index contributed by atoms with van der Waals surface area (Å²) in [6, 6.07) is 5.99. The smallest absolute Gasteiger partial charge is 0.250 e. The van der Waals surface area contributed by atoms with Crippen molar-refractivity contribution >= 4 is 5.91 Å². The van der Waals surface area contributed by atoms with Gasteiger partial charge in [-0.05, 0) is 31.5 Å². The molecule has 26 heavy (non-hydrogen) atoms. The van der Waals surface area contributed by atoms with Gasteiger partial charge >= 0.3 is 0 Å². The number of pyridine rings is 2. The van der Waals surface area contributed by atoms with Crippen LogP contribution < -0.4 is 10.5 Å². The first-order chi connectivity index (χ1) is 12.5. The first kappa shape index (κ1) is 17.5. The molecule has 3 rings (SSSR count). The minimum absolute atomic E-state index is 0.135. The van der Waals surface area contributed by atoms with Gasteiger partial charge in [0.15, 0.2) is 0 Å². The Morgan fingerprint density at radius 2 is 2.12 bits per heavy atom. The van der Waals surface area contributed by atoms with E-state index in [-0.39, 0.29) is 6.61 Å². The van der Waals surface area contributed by atoms with Crippen LogP contribution in [0.25, 0.3) is 11.4 Å². The van der Waals surface area contributed by atoms with Crippen LogP contribution in [0.3, 0.4) is 0 Å². The summed E-state index contributed by atoms with van der Waals surface area (Å²) in [6.45, 7) is 3.76. The first-order valence-electron chi connectivity index (χ1n) is 7.99. The third-order valence-corrected chi connectivity index (χ3v) is 3.87. The van der Waals surface area contributed by atoms with Crippen molar-refractivity contribution < 1.29 is 18.4 Å². The Morgan fingerprint density at radius 1 is 1.31 bits per heavy atom. The topological polar surface area (TPSA) is 104 Å². The van der Waals surface area contributed by atoms with Crippen LogP contribution in [0, 0.1) is 12.7 Å². The Kier molecular flexibility index (Phi) is 4.92. The number of hydrogen-bond acceptors (Lipinski definition) is 6. The molecule has 8 heteroatoms. The molecule has 0 saturated heterocycles. The molecule has 0 spiro atoms. The summed E-state index contributed by atoms with van der Waals surface area (Å²) in [5.41, 5.74) is 7.91. The van der Waals surface area contributed by atoms with Crippen LogP contribution in [0.4, 0.5) is 4.39 Å². The average Bonchev–Trinajstić information content (AvgIpc) is 3.00. The third kappa shape index (κ3) is 3.53. The maximum Gasteiger partial charge on any atom is 0.250 e. The standard InChI is InChI=1S/C18H17FN4O3/c1-3-14-12(18(20)24)5-7-16(22-14)25-9-13-10(2)26-23-17(13)15-6-4-11(19)8-21-15/h4-8H,3,9H2,1-2H3,(H2,20,24). The average molecular weight is 356 g/mol. The second kappa shape index (κ2) is 7.30. The quantitative estimate of drug-likeness (QED) is 0.728. The van der Waals surface area contributed by atoms with E-state index in [2.05, 4.69) is 15.1 Å². The zero-order chi connectivity index (χ0) is 18.7. The summed E-state index contributed by atoms with van der Waals surface area (Å²) >= 11 is 0. The molecule has 0 bridgehead atoms. The number of primary amides is 1. The Hall–Kier alpha value is -3.29. The molecule has 0 fully saturated rings. The van der Waals surface area contributed by atoms with Gasteiger partial charge < -0.3 is 15.0 Å². The molecule has 0 aliphatic heterocycles. The summed E-state index contributed by atoms with van der Waals surface area (Å²) < 4.78 is 24.0. The van der Waals surface area contributed by atoms with E-state index in [0.717, 1.165) is 6.20 Å². The molecule has 7 nitrogen and oxygen atoms in total. The summed E-state index contributed by atoms with van der Waals surface area (Å²) in [7, 11) is 0. The highest BCUT2D eigenvalue weighted by Crippen LogP contribution is 2.25. The lowest BCUT2D eigenvalue weighted by Crippen LogP contribution is -2.15. The number of amides is 1. The summed E-state index contributed by atoms with van der Waals surface area (Å²) in [4.78, 5) is 19.7. The van der Waals surface area contributed by atoms with Gasteiger partial charge in [0.25, 0.3) is 5.91 Å². The minimum Gasteiger partial charge on any atom is -0.473 e. The molecule has 0 aliphatic carbocycles. The number of aromatic nitrogens is 3. The molecule has 0 atom stereocenters. The molecule has 3 aromatic rings. The van der Waals surface area contributed by atoms with E-state index in [1.165, 1.54) is 12.1 Å². The van der Waals surface area contributed by atoms with Crippen molar-refractivity contribution in [2.75, 3.05) is 0 Å². The van der Waals surface area contributed by atoms with Crippen LogP contribution in [-0.2, 0) is 13.0 Å². The van der Waals surface area contributed by atoms with E-state index >= 15 is 0 Å². The van der Waals surface area contributed by atoms with Crippen molar-refractivity contribution in [3.05, 3.63) is 58.9 Å². The molecule has 3 heterocycles. The fourth-order valence-electron chi connectivity index (χ4n) is 2.48.